The average molecular weight is 495 g/mol. The molecule has 2 aromatic carbocycles. The second-order valence-corrected chi connectivity index (χ2v) is 8.89. The molecule has 8 heteroatoms. The number of rotatable bonds is 8. The number of carbonyl (C=O) groups excluding carboxylic acids is 2. The number of hydrogen-bond acceptors (Lipinski definition) is 6. The highest BCUT2D eigenvalue weighted by atomic mass is 19.1. The number of fused-ring (bicyclic) bond motifs is 1. The lowest BCUT2D eigenvalue weighted by Crippen LogP contribution is -2.36. The van der Waals surface area contributed by atoms with Gasteiger partial charge in [-0.25, -0.2) is 4.39 Å². The quantitative estimate of drug-likeness (QED) is 0.326. The molecule has 7 nitrogen and oxygen atoms in total. The number of carbonyl (C=O) groups is 2. The van der Waals surface area contributed by atoms with Crippen LogP contribution in [0.25, 0.3) is 11.1 Å². The Morgan fingerprint density at radius 1 is 1.22 bits per heavy atom. The van der Waals surface area contributed by atoms with Crippen molar-refractivity contribution in [1.29, 1.82) is 0 Å². The molecule has 2 N–H and O–H groups in total. The minimum atomic E-state index is -0.556. The number of aliphatic hydroxyl groups excluding tert-OH is 1. The van der Waals surface area contributed by atoms with Gasteiger partial charge in [-0.3, -0.25) is 14.5 Å². The third-order valence-electron chi connectivity index (χ3n) is 6.52. The first-order valence-electron chi connectivity index (χ1n) is 12.1. The maximum Gasteiger partial charge on any atom is 0.323 e. The van der Waals surface area contributed by atoms with Crippen LogP contribution in [-0.4, -0.2) is 54.3 Å². The molecule has 0 aliphatic carbocycles. The van der Waals surface area contributed by atoms with Crippen LogP contribution < -0.4 is 5.32 Å². The predicted octanol–water partition coefficient (Wildman–Crippen LogP) is 4.13. The van der Waals surface area contributed by atoms with Gasteiger partial charge in [-0.2, -0.15) is 0 Å². The second-order valence-electron chi connectivity index (χ2n) is 8.89. The van der Waals surface area contributed by atoms with E-state index in [9.17, 15) is 19.1 Å². The van der Waals surface area contributed by atoms with Gasteiger partial charge in [-0.05, 0) is 54.3 Å². The van der Waals surface area contributed by atoms with E-state index in [4.69, 9.17) is 9.47 Å². The van der Waals surface area contributed by atoms with Gasteiger partial charge in [0.05, 0.1) is 25.4 Å². The van der Waals surface area contributed by atoms with Gasteiger partial charge < -0.3 is 19.9 Å². The Balaban J connectivity index is 1.61. The van der Waals surface area contributed by atoms with Crippen molar-refractivity contribution in [1.82, 2.24) is 4.90 Å². The van der Waals surface area contributed by atoms with Gasteiger partial charge in [-0.15, -0.1) is 0 Å². The number of likely N-dealkylation sites (tertiary alicyclic amines) is 1. The number of benzene rings is 2. The Hall–Kier alpha value is -3.49. The summed E-state index contributed by atoms with van der Waals surface area (Å²) in [6.45, 7) is 5.14. The summed E-state index contributed by atoms with van der Waals surface area (Å²) < 4.78 is 24.7. The van der Waals surface area contributed by atoms with E-state index in [-0.39, 0.29) is 11.9 Å². The van der Waals surface area contributed by atoms with Crippen LogP contribution in [0.4, 0.5) is 10.1 Å². The molecule has 0 unspecified atom stereocenters. The highest BCUT2D eigenvalue weighted by molar-refractivity contribution is 6.32. The van der Waals surface area contributed by atoms with Gasteiger partial charge in [0.1, 0.15) is 17.6 Å². The molecule has 0 radical (unpaired) electrons. The SMILES string of the molecule is CCOC(/C=C(\CC)c1ccc(CN2C[C@H](O)C[C@H]2C(=O)OC)cc1)=C1/C(=O)Nc2ccc(F)cc21. The number of allylic oxidation sites excluding steroid dienone is 2. The number of ether oxygens (including phenoxy) is 2. The minimum absolute atomic E-state index is 0.315. The van der Waals surface area contributed by atoms with Crippen LogP contribution in [0.1, 0.15) is 43.4 Å². The van der Waals surface area contributed by atoms with Crippen molar-refractivity contribution in [2.24, 2.45) is 0 Å². The van der Waals surface area contributed by atoms with Crippen molar-refractivity contribution in [3.8, 4) is 0 Å². The lowest BCUT2D eigenvalue weighted by Gasteiger charge is -2.22. The van der Waals surface area contributed by atoms with E-state index in [1.54, 1.807) is 6.07 Å². The van der Waals surface area contributed by atoms with Crippen LogP contribution >= 0.6 is 0 Å². The first kappa shape index (κ1) is 25.6. The molecule has 1 amide bonds. The molecule has 36 heavy (non-hydrogen) atoms. The molecule has 1 fully saturated rings. The largest absolute Gasteiger partial charge is 0.493 e. The second kappa shape index (κ2) is 11.1. The molecule has 190 valence electrons. The van der Waals surface area contributed by atoms with Crippen LogP contribution in [0.15, 0.2) is 54.3 Å². The maximum absolute atomic E-state index is 13.9. The van der Waals surface area contributed by atoms with Crippen molar-refractivity contribution >= 4 is 28.7 Å². The van der Waals surface area contributed by atoms with Gasteiger partial charge in [0.25, 0.3) is 5.91 Å². The fraction of sp³-hybridized carbons (Fsp3) is 0.357. The number of halogens is 1. The Kier molecular flexibility index (Phi) is 7.86. The normalized spacial score (nSPS) is 21.2. The third-order valence-corrected chi connectivity index (χ3v) is 6.52. The molecule has 2 aliphatic heterocycles. The van der Waals surface area contributed by atoms with Crippen molar-refractivity contribution in [2.45, 2.75) is 45.4 Å². The lowest BCUT2D eigenvalue weighted by atomic mass is 9.98. The zero-order valence-electron chi connectivity index (χ0n) is 20.7. The van der Waals surface area contributed by atoms with Gasteiger partial charge >= 0.3 is 5.97 Å². The molecule has 2 atom stereocenters. The number of methoxy groups -OCH3 is 1. The molecule has 0 spiro atoms. The van der Waals surface area contributed by atoms with Crippen molar-refractivity contribution in [3.63, 3.8) is 0 Å². The van der Waals surface area contributed by atoms with Crippen LogP contribution in [0.3, 0.4) is 0 Å². The first-order valence-corrected chi connectivity index (χ1v) is 12.1. The van der Waals surface area contributed by atoms with E-state index in [1.807, 2.05) is 49.1 Å². The summed E-state index contributed by atoms with van der Waals surface area (Å²) in [6, 6.07) is 11.7. The Morgan fingerprint density at radius 2 is 1.97 bits per heavy atom. The smallest absolute Gasteiger partial charge is 0.323 e. The monoisotopic (exact) mass is 494 g/mol. The zero-order chi connectivity index (χ0) is 25.8. The van der Waals surface area contributed by atoms with Gasteiger partial charge in [0.15, 0.2) is 0 Å². The van der Waals surface area contributed by atoms with Crippen molar-refractivity contribution in [3.05, 3.63) is 76.8 Å². The molecule has 4 rings (SSSR count). The number of nitrogens with one attached hydrogen (secondary N) is 1. The number of amides is 1. The topological polar surface area (TPSA) is 88.1 Å². The van der Waals surface area contributed by atoms with Gasteiger partial charge in [0.2, 0.25) is 0 Å². The number of β-amino-alcohol motifs (C(OH)–C–C–N with tert-alkyl or cyclic N) is 1. The number of anilines is 1. The van der Waals surface area contributed by atoms with Crippen LogP contribution in [-0.2, 0) is 25.6 Å². The maximum atomic E-state index is 13.9. The van der Waals surface area contributed by atoms with E-state index in [1.165, 1.54) is 19.2 Å². The summed E-state index contributed by atoms with van der Waals surface area (Å²) in [5.74, 6) is -0.691. The summed E-state index contributed by atoms with van der Waals surface area (Å²) in [5.41, 5.74) is 4.28. The summed E-state index contributed by atoms with van der Waals surface area (Å²) in [6.07, 6.45) is 2.34. The number of aliphatic hydroxyl groups is 1. The number of nitrogens with zero attached hydrogens (tertiary/aromatic N) is 1. The summed E-state index contributed by atoms with van der Waals surface area (Å²) in [5, 5.41) is 12.8. The van der Waals surface area contributed by atoms with E-state index in [0.29, 0.717) is 55.1 Å². The lowest BCUT2D eigenvalue weighted by molar-refractivity contribution is -0.146. The molecular formula is C28H31FN2O5. The van der Waals surface area contributed by atoms with Crippen LogP contribution in [0, 0.1) is 5.82 Å². The average Bonchev–Trinajstić information content (AvgIpc) is 3.39. The van der Waals surface area contributed by atoms with Gasteiger partial charge in [0, 0.05) is 30.8 Å². The first-order chi connectivity index (χ1) is 17.3. The molecule has 1 saturated heterocycles. The summed E-state index contributed by atoms with van der Waals surface area (Å²) >= 11 is 0. The fourth-order valence-corrected chi connectivity index (χ4v) is 4.77. The molecule has 2 aromatic rings. The Bertz CT molecular complexity index is 1200. The summed E-state index contributed by atoms with van der Waals surface area (Å²) in [4.78, 5) is 26.7. The molecule has 2 aliphatic rings. The highest BCUT2D eigenvalue weighted by Gasteiger charge is 2.36. The van der Waals surface area contributed by atoms with E-state index < -0.39 is 18.0 Å². The molecule has 0 saturated carbocycles. The number of hydrogen-bond donors (Lipinski definition) is 2. The van der Waals surface area contributed by atoms with E-state index in [0.717, 1.165) is 16.7 Å². The predicted molar refractivity (Wildman–Crippen MR) is 135 cm³/mol. The Morgan fingerprint density at radius 3 is 2.64 bits per heavy atom. The molecule has 0 bridgehead atoms. The summed E-state index contributed by atoms with van der Waals surface area (Å²) in [7, 11) is 1.36. The third kappa shape index (κ3) is 5.34. The zero-order valence-corrected chi connectivity index (χ0v) is 20.7. The van der Waals surface area contributed by atoms with E-state index in [2.05, 4.69) is 5.32 Å². The Labute approximate surface area is 210 Å². The van der Waals surface area contributed by atoms with Crippen LogP contribution in [0.2, 0.25) is 0 Å². The standard InChI is InChI=1S/C28H31FN2O5/c1-4-18(12-25(36-5-2)26-22-13-20(29)10-11-23(22)30-27(26)33)19-8-6-17(7-9-19)15-31-16-21(32)14-24(31)28(34)35-3/h6-13,21,24,32H,4-5,14-16H2,1-3H3,(H,30,33)/b18-12+,26-25+/t21-,24+/m1/s1. The molecular weight excluding hydrogens is 463 g/mol. The van der Waals surface area contributed by atoms with Crippen molar-refractivity contribution in [2.75, 3.05) is 25.6 Å². The fourth-order valence-electron chi connectivity index (χ4n) is 4.77. The van der Waals surface area contributed by atoms with Crippen LogP contribution in [0.5, 0.6) is 0 Å². The van der Waals surface area contributed by atoms with E-state index >= 15 is 0 Å². The molecule has 0 aromatic heterocycles. The minimum Gasteiger partial charge on any atom is -0.493 e. The van der Waals surface area contributed by atoms with Crippen molar-refractivity contribution < 1.29 is 28.6 Å². The molecule has 2 heterocycles. The van der Waals surface area contributed by atoms with Gasteiger partial charge in [-0.1, -0.05) is 31.2 Å². The highest BCUT2D eigenvalue weighted by Crippen LogP contribution is 2.36. The number of esters is 1.